The minimum absolute atomic E-state index is 0.208. The van der Waals surface area contributed by atoms with Gasteiger partial charge in [-0.05, 0) is 69.8 Å². The van der Waals surface area contributed by atoms with Crippen molar-refractivity contribution in [2.75, 3.05) is 13.1 Å². The fourth-order valence-electron chi connectivity index (χ4n) is 3.03. The molecule has 0 bridgehead atoms. The van der Waals surface area contributed by atoms with E-state index >= 15 is 0 Å². The summed E-state index contributed by atoms with van der Waals surface area (Å²) >= 11 is 6.04. The summed E-state index contributed by atoms with van der Waals surface area (Å²) in [6.07, 6.45) is 4.06. The zero-order valence-electron chi connectivity index (χ0n) is 13.6. The van der Waals surface area contributed by atoms with Crippen molar-refractivity contribution < 1.29 is 4.79 Å². The van der Waals surface area contributed by atoms with E-state index in [0.29, 0.717) is 18.9 Å². The minimum Gasteiger partial charge on any atom is -0.336 e. The van der Waals surface area contributed by atoms with Crippen molar-refractivity contribution in [2.24, 2.45) is 5.92 Å². The summed E-state index contributed by atoms with van der Waals surface area (Å²) in [6.45, 7) is 6.98. The molecule has 1 aromatic carbocycles. The highest BCUT2D eigenvalue weighted by molar-refractivity contribution is 6.30. The number of hydrogen-bond donors (Lipinski definition) is 1. The van der Waals surface area contributed by atoms with Crippen LogP contribution in [0.5, 0.6) is 0 Å². The van der Waals surface area contributed by atoms with Crippen LogP contribution in [0.15, 0.2) is 24.3 Å². The average Bonchev–Trinajstić information content (AvgIpc) is 2.51. The lowest BCUT2D eigenvalue weighted by Gasteiger charge is -2.28. The van der Waals surface area contributed by atoms with Crippen LogP contribution in [-0.4, -0.2) is 29.9 Å². The van der Waals surface area contributed by atoms with Gasteiger partial charge in [-0.25, -0.2) is 0 Å². The van der Waals surface area contributed by atoms with Crippen LogP contribution in [0.2, 0.25) is 5.02 Å². The Morgan fingerprint density at radius 2 is 2.09 bits per heavy atom. The van der Waals surface area contributed by atoms with E-state index in [1.165, 1.54) is 12.8 Å². The van der Waals surface area contributed by atoms with Gasteiger partial charge in [-0.1, -0.05) is 23.7 Å². The number of carbonyl (C=O) groups excluding carboxylic acids is 1. The Morgan fingerprint density at radius 1 is 1.36 bits per heavy atom. The van der Waals surface area contributed by atoms with E-state index in [9.17, 15) is 4.79 Å². The second-order valence-electron chi connectivity index (χ2n) is 6.48. The van der Waals surface area contributed by atoms with Crippen LogP contribution in [0, 0.1) is 5.92 Å². The van der Waals surface area contributed by atoms with Gasteiger partial charge in [0.15, 0.2) is 0 Å². The van der Waals surface area contributed by atoms with Gasteiger partial charge < -0.3 is 10.2 Å². The highest BCUT2D eigenvalue weighted by Gasteiger charge is 2.20. The van der Waals surface area contributed by atoms with Crippen molar-refractivity contribution in [3.63, 3.8) is 0 Å². The number of nitrogens with one attached hydrogen (secondary N) is 1. The van der Waals surface area contributed by atoms with Gasteiger partial charge in [0.05, 0.1) is 0 Å². The van der Waals surface area contributed by atoms with Crippen molar-refractivity contribution in [1.82, 2.24) is 10.2 Å². The molecule has 1 aromatic rings. The van der Waals surface area contributed by atoms with E-state index in [4.69, 9.17) is 11.6 Å². The van der Waals surface area contributed by atoms with Crippen molar-refractivity contribution in [1.29, 1.82) is 0 Å². The monoisotopic (exact) mass is 322 g/mol. The number of hydrogen-bond acceptors (Lipinski definition) is 2. The normalized spacial score (nSPS) is 16.0. The lowest BCUT2D eigenvalue weighted by Crippen LogP contribution is -2.37. The first kappa shape index (κ1) is 17.3. The number of rotatable bonds is 6. The maximum Gasteiger partial charge on any atom is 0.223 e. The zero-order valence-corrected chi connectivity index (χ0v) is 14.4. The van der Waals surface area contributed by atoms with E-state index in [1.807, 2.05) is 29.2 Å². The largest absolute Gasteiger partial charge is 0.336 e. The summed E-state index contributed by atoms with van der Waals surface area (Å²) in [5.41, 5.74) is 1.09. The molecule has 0 atom stereocenters. The molecule has 0 aliphatic carbocycles. The maximum atomic E-state index is 12.6. The Balaban J connectivity index is 1.90. The molecular weight excluding hydrogens is 296 g/mol. The molecule has 0 saturated carbocycles. The Morgan fingerprint density at radius 3 is 2.73 bits per heavy atom. The first-order valence-electron chi connectivity index (χ1n) is 8.31. The second-order valence-corrected chi connectivity index (χ2v) is 6.91. The SMILES string of the molecule is CC(C)N(Cc1cccc(Cl)c1)C(=O)CCC1CCNCC1. The molecule has 3 nitrogen and oxygen atoms in total. The summed E-state index contributed by atoms with van der Waals surface area (Å²) in [5, 5.41) is 4.10. The fraction of sp³-hybridized carbons (Fsp3) is 0.611. The van der Waals surface area contributed by atoms with Crippen LogP contribution in [0.3, 0.4) is 0 Å². The Hall–Kier alpha value is -1.06. The van der Waals surface area contributed by atoms with Crippen molar-refractivity contribution >= 4 is 17.5 Å². The smallest absolute Gasteiger partial charge is 0.223 e. The summed E-state index contributed by atoms with van der Waals surface area (Å²) in [7, 11) is 0. The summed E-state index contributed by atoms with van der Waals surface area (Å²) in [5.74, 6) is 0.957. The molecule has 122 valence electrons. The van der Waals surface area contributed by atoms with Gasteiger partial charge in [-0.2, -0.15) is 0 Å². The standard InChI is InChI=1S/C18H27ClN2O/c1-14(2)21(13-16-4-3-5-17(19)12-16)18(22)7-6-15-8-10-20-11-9-15/h3-5,12,14-15,20H,6-11,13H2,1-2H3. The summed E-state index contributed by atoms with van der Waals surface area (Å²) in [6, 6.07) is 7.98. The minimum atomic E-state index is 0.208. The molecule has 1 aliphatic heterocycles. The molecule has 1 N–H and O–H groups in total. The number of amides is 1. The summed E-state index contributed by atoms with van der Waals surface area (Å²) in [4.78, 5) is 14.6. The van der Waals surface area contributed by atoms with E-state index < -0.39 is 0 Å². The third-order valence-electron chi connectivity index (χ3n) is 4.41. The van der Waals surface area contributed by atoms with Gasteiger partial charge in [0.2, 0.25) is 5.91 Å². The van der Waals surface area contributed by atoms with Crippen molar-refractivity contribution in [2.45, 2.75) is 52.1 Å². The van der Waals surface area contributed by atoms with Crippen LogP contribution in [0.1, 0.15) is 45.1 Å². The fourth-order valence-corrected chi connectivity index (χ4v) is 3.25. The topological polar surface area (TPSA) is 32.3 Å². The second kappa shape index (κ2) is 8.54. The lowest BCUT2D eigenvalue weighted by atomic mass is 9.93. The van der Waals surface area contributed by atoms with Crippen molar-refractivity contribution in [3.8, 4) is 0 Å². The molecule has 0 spiro atoms. The molecule has 0 radical (unpaired) electrons. The van der Waals surface area contributed by atoms with Gasteiger partial charge >= 0.3 is 0 Å². The first-order chi connectivity index (χ1) is 10.6. The van der Waals surface area contributed by atoms with Gasteiger partial charge in [-0.3, -0.25) is 4.79 Å². The predicted molar refractivity (Wildman–Crippen MR) is 92.0 cm³/mol. The molecular formula is C18H27ClN2O. The molecule has 0 aromatic heterocycles. The van der Waals surface area contributed by atoms with Crippen LogP contribution in [0.4, 0.5) is 0 Å². The van der Waals surface area contributed by atoms with E-state index in [0.717, 1.165) is 30.1 Å². The van der Waals surface area contributed by atoms with Gasteiger partial charge in [-0.15, -0.1) is 0 Å². The average molecular weight is 323 g/mol. The molecule has 0 unspecified atom stereocenters. The molecule has 1 aliphatic rings. The molecule has 4 heteroatoms. The zero-order chi connectivity index (χ0) is 15.9. The number of carbonyl (C=O) groups is 1. The molecule has 22 heavy (non-hydrogen) atoms. The van der Waals surface area contributed by atoms with Crippen LogP contribution in [-0.2, 0) is 11.3 Å². The van der Waals surface area contributed by atoms with E-state index in [-0.39, 0.29) is 11.9 Å². The van der Waals surface area contributed by atoms with Crippen LogP contribution < -0.4 is 5.32 Å². The van der Waals surface area contributed by atoms with Crippen LogP contribution in [0.25, 0.3) is 0 Å². The number of halogens is 1. The highest BCUT2D eigenvalue weighted by atomic mass is 35.5. The van der Waals surface area contributed by atoms with Gasteiger partial charge in [0.1, 0.15) is 0 Å². The van der Waals surface area contributed by atoms with E-state index in [1.54, 1.807) is 0 Å². The molecule has 2 rings (SSSR count). The lowest BCUT2D eigenvalue weighted by molar-refractivity contribution is -0.133. The van der Waals surface area contributed by atoms with Crippen LogP contribution >= 0.6 is 11.6 Å². The maximum absolute atomic E-state index is 12.6. The van der Waals surface area contributed by atoms with Gasteiger partial charge in [0, 0.05) is 24.0 Å². The third-order valence-corrected chi connectivity index (χ3v) is 4.65. The molecule has 1 saturated heterocycles. The number of benzene rings is 1. The van der Waals surface area contributed by atoms with E-state index in [2.05, 4.69) is 19.2 Å². The predicted octanol–water partition coefficient (Wildman–Crippen LogP) is 3.86. The number of piperidine rings is 1. The summed E-state index contributed by atoms with van der Waals surface area (Å²) < 4.78 is 0. The number of nitrogens with zero attached hydrogens (tertiary/aromatic N) is 1. The Kier molecular flexibility index (Phi) is 6.71. The van der Waals surface area contributed by atoms with Crippen molar-refractivity contribution in [3.05, 3.63) is 34.9 Å². The first-order valence-corrected chi connectivity index (χ1v) is 8.68. The highest BCUT2D eigenvalue weighted by Crippen LogP contribution is 2.20. The molecule has 1 heterocycles. The quantitative estimate of drug-likeness (QED) is 0.862. The Labute approximate surface area is 139 Å². The third kappa shape index (κ3) is 5.29. The Bertz CT molecular complexity index is 484. The molecule has 1 amide bonds. The van der Waals surface area contributed by atoms with Gasteiger partial charge in [0.25, 0.3) is 0 Å². The molecule has 1 fully saturated rings.